The highest BCUT2D eigenvalue weighted by Crippen LogP contribution is 2.10. The molecule has 29 heavy (non-hydrogen) atoms. The largest absolute Gasteiger partial charge is 0.480 e. The molecule has 0 aromatic heterocycles. The van der Waals surface area contributed by atoms with Crippen LogP contribution >= 0.6 is 0 Å². The van der Waals surface area contributed by atoms with Crippen molar-refractivity contribution in [3.63, 3.8) is 0 Å². The van der Waals surface area contributed by atoms with Crippen LogP contribution in [0.2, 0.25) is 0 Å². The predicted molar refractivity (Wildman–Crippen MR) is 106 cm³/mol. The van der Waals surface area contributed by atoms with Crippen LogP contribution in [-0.4, -0.2) is 41.5 Å². The third kappa shape index (κ3) is 7.33. The average Bonchev–Trinajstić information content (AvgIpc) is 2.71. The standard InChI is InChI=1S/C20H22N4O5/c1-13(19(27)28)23-17(25)12-21-18(26)15-8-5-9-16(10-15)24-20(29)22-11-14-6-3-2-4-7-14/h2-10,13H,11-12H2,1H3,(H,21,26)(H,23,25)(H,27,28)(H2,22,24,29)/t13-/m1/s1. The van der Waals surface area contributed by atoms with Gasteiger partial charge in [-0.1, -0.05) is 36.4 Å². The van der Waals surface area contributed by atoms with Crippen molar-refractivity contribution in [3.05, 3.63) is 65.7 Å². The zero-order valence-corrected chi connectivity index (χ0v) is 15.8. The smallest absolute Gasteiger partial charge is 0.325 e. The van der Waals surface area contributed by atoms with Gasteiger partial charge < -0.3 is 26.4 Å². The van der Waals surface area contributed by atoms with Crippen LogP contribution in [0.3, 0.4) is 0 Å². The van der Waals surface area contributed by atoms with Gasteiger partial charge in [-0.3, -0.25) is 14.4 Å². The third-order valence-electron chi connectivity index (χ3n) is 3.84. The summed E-state index contributed by atoms with van der Waals surface area (Å²) in [7, 11) is 0. The van der Waals surface area contributed by atoms with Crippen LogP contribution in [-0.2, 0) is 16.1 Å². The number of amides is 4. The maximum absolute atomic E-state index is 12.2. The highest BCUT2D eigenvalue weighted by atomic mass is 16.4. The van der Waals surface area contributed by atoms with E-state index >= 15 is 0 Å². The van der Waals surface area contributed by atoms with E-state index in [-0.39, 0.29) is 12.1 Å². The minimum Gasteiger partial charge on any atom is -0.480 e. The van der Waals surface area contributed by atoms with Gasteiger partial charge in [-0.25, -0.2) is 4.79 Å². The van der Waals surface area contributed by atoms with Gasteiger partial charge in [-0.2, -0.15) is 0 Å². The number of anilines is 1. The number of carboxylic acids is 1. The van der Waals surface area contributed by atoms with Crippen molar-refractivity contribution in [2.75, 3.05) is 11.9 Å². The van der Waals surface area contributed by atoms with Crippen molar-refractivity contribution in [2.45, 2.75) is 19.5 Å². The number of rotatable bonds is 8. The molecular weight excluding hydrogens is 376 g/mol. The normalized spacial score (nSPS) is 11.1. The summed E-state index contributed by atoms with van der Waals surface area (Å²) in [4.78, 5) is 46.5. The molecule has 0 saturated carbocycles. The van der Waals surface area contributed by atoms with E-state index in [1.54, 1.807) is 12.1 Å². The Balaban J connectivity index is 1.84. The number of hydrogen-bond acceptors (Lipinski definition) is 4. The number of nitrogens with one attached hydrogen (secondary N) is 4. The molecule has 1 atom stereocenters. The Labute approximate surface area is 167 Å². The highest BCUT2D eigenvalue weighted by Gasteiger charge is 2.15. The molecule has 0 bridgehead atoms. The lowest BCUT2D eigenvalue weighted by molar-refractivity contribution is -0.141. The Morgan fingerprint density at radius 3 is 2.38 bits per heavy atom. The third-order valence-corrected chi connectivity index (χ3v) is 3.84. The van der Waals surface area contributed by atoms with Crippen LogP contribution in [0.15, 0.2) is 54.6 Å². The molecule has 9 nitrogen and oxygen atoms in total. The molecule has 152 valence electrons. The molecule has 0 unspecified atom stereocenters. The average molecular weight is 398 g/mol. The van der Waals surface area contributed by atoms with Gasteiger partial charge in [0, 0.05) is 17.8 Å². The first kappa shape index (κ1) is 21.4. The van der Waals surface area contributed by atoms with E-state index in [1.165, 1.54) is 19.1 Å². The van der Waals surface area contributed by atoms with E-state index in [2.05, 4.69) is 21.3 Å². The molecule has 0 spiro atoms. The van der Waals surface area contributed by atoms with Gasteiger partial charge in [-0.05, 0) is 30.7 Å². The Morgan fingerprint density at radius 1 is 0.966 bits per heavy atom. The predicted octanol–water partition coefficient (Wildman–Crippen LogP) is 1.33. The van der Waals surface area contributed by atoms with Crippen LogP contribution in [0, 0.1) is 0 Å². The number of carbonyl (C=O) groups excluding carboxylic acids is 3. The van der Waals surface area contributed by atoms with E-state index in [9.17, 15) is 19.2 Å². The molecule has 0 radical (unpaired) electrons. The van der Waals surface area contributed by atoms with E-state index in [1.807, 2.05) is 30.3 Å². The second kappa shape index (κ2) is 10.5. The lowest BCUT2D eigenvalue weighted by atomic mass is 10.2. The number of hydrogen-bond donors (Lipinski definition) is 5. The van der Waals surface area contributed by atoms with E-state index in [0.29, 0.717) is 12.2 Å². The molecule has 9 heteroatoms. The molecular formula is C20H22N4O5. The molecule has 0 aliphatic heterocycles. The summed E-state index contributed by atoms with van der Waals surface area (Å²) in [5, 5.41) is 18.7. The first-order valence-corrected chi connectivity index (χ1v) is 8.84. The quantitative estimate of drug-likeness (QED) is 0.457. The van der Waals surface area contributed by atoms with Gasteiger partial charge in [0.05, 0.1) is 6.54 Å². The highest BCUT2D eigenvalue weighted by molar-refractivity contribution is 5.98. The maximum Gasteiger partial charge on any atom is 0.325 e. The van der Waals surface area contributed by atoms with Crippen molar-refractivity contribution < 1.29 is 24.3 Å². The van der Waals surface area contributed by atoms with Gasteiger partial charge in [-0.15, -0.1) is 0 Å². The number of benzene rings is 2. The lowest BCUT2D eigenvalue weighted by Crippen LogP contribution is -2.44. The van der Waals surface area contributed by atoms with Crippen molar-refractivity contribution >= 4 is 29.5 Å². The number of aliphatic carboxylic acids is 1. The SMILES string of the molecule is C[C@@H](NC(=O)CNC(=O)c1cccc(NC(=O)NCc2ccccc2)c1)C(=O)O. The molecule has 4 amide bonds. The summed E-state index contributed by atoms with van der Waals surface area (Å²) in [6, 6.07) is 14.1. The molecule has 0 heterocycles. The fraction of sp³-hybridized carbons (Fsp3) is 0.200. The van der Waals surface area contributed by atoms with Gasteiger partial charge >= 0.3 is 12.0 Å². The minimum absolute atomic E-state index is 0.241. The number of urea groups is 1. The van der Waals surface area contributed by atoms with Crippen LogP contribution in [0.1, 0.15) is 22.8 Å². The maximum atomic E-state index is 12.2. The Hall–Kier alpha value is -3.88. The minimum atomic E-state index is -1.17. The van der Waals surface area contributed by atoms with Crippen LogP contribution in [0.25, 0.3) is 0 Å². The molecule has 0 aliphatic carbocycles. The molecule has 2 rings (SSSR count). The van der Waals surface area contributed by atoms with Crippen LogP contribution < -0.4 is 21.3 Å². The van der Waals surface area contributed by atoms with E-state index in [0.717, 1.165) is 5.56 Å². The van der Waals surface area contributed by atoms with Crippen LogP contribution in [0.4, 0.5) is 10.5 Å². The summed E-state index contributed by atoms with van der Waals surface area (Å²) in [5.74, 6) is -2.33. The second-order valence-electron chi connectivity index (χ2n) is 6.18. The number of carboxylic acid groups (broad SMARTS) is 1. The zero-order chi connectivity index (χ0) is 21.2. The van der Waals surface area contributed by atoms with E-state index in [4.69, 9.17) is 5.11 Å². The summed E-state index contributed by atoms with van der Waals surface area (Å²) < 4.78 is 0. The lowest BCUT2D eigenvalue weighted by Gasteiger charge is -2.11. The van der Waals surface area contributed by atoms with Gasteiger partial charge in [0.1, 0.15) is 6.04 Å². The summed E-state index contributed by atoms with van der Waals surface area (Å²) in [6.45, 7) is 1.31. The molecule has 0 saturated heterocycles. The summed E-state index contributed by atoms with van der Waals surface area (Å²) >= 11 is 0. The molecule has 0 aliphatic rings. The van der Waals surface area contributed by atoms with Gasteiger partial charge in [0.25, 0.3) is 5.91 Å². The Kier molecular flexibility index (Phi) is 7.72. The zero-order valence-electron chi connectivity index (χ0n) is 15.8. The van der Waals surface area contributed by atoms with Gasteiger partial charge in [0.2, 0.25) is 5.91 Å². The molecule has 2 aromatic rings. The summed E-state index contributed by atoms with van der Waals surface area (Å²) in [6.07, 6.45) is 0. The first-order valence-electron chi connectivity index (χ1n) is 8.84. The molecule has 5 N–H and O–H groups in total. The summed E-state index contributed by atoms with van der Waals surface area (Å²) in [5.41, 5.74) is 1.60. The van der Waals surface area contributed by atoms with Crippen molar-refractivity contribution in [3.8, 4) is 0 Å². The fourth-order valence-electron chi connectivity index (χ4n) is 2.31. The Bertz CT molecular complexity index is 885. The monoisotopic (exact) mass is 398 g/mol. The van der Waals surface area contributed by atoms with E-state index < -0.39 is 29.9 Å². The topological polar surface area (TPSA) is 137 Å². The van der Waals surface area contributed by atoms with Crippen LogP contribution in [0.5, 0.6) is 0 Å². The van der Waals surface area contributed by atoms with Crippen molar-refractivity contribution in [2.24, 2.45) is 0 Å². The second-order valence-corrected chi connectivity index (χ2v) is 6.18. The fourth-order valence-corrected chi connectivity index (χ4v) is 2.31. The number of carbonyl (C=O) groups is 4. The van der Waals surface area contributed by atoms with Crippen molar-refractivity contribution in [1.29, 1.82) is 0 Å². The first-order chi connectivity index (χ1) is 13.8. The van der Waals surface area contributed by atoms with Gasteiger partial charge in [0.15, 0.2) is 0 Å². The molecule has 2 aromatic carbocycles. The van der Waals surface area contributed by atoms with Crippen molar-refractivity contribution in [1.82, 2.24) is 16.0 Å². The molecule has 0 fully saturated rings. The Morgan fingerprint density at radius 2 is 1.69 bits per heavy atom.